The molecule has 1 aromatic carbocycles. The first-order chi connectivity index (χ1) is 14.2. The highest BCUT2D eigenvalue weighted by Gasteiger charge is 2.42. The molecule has 0 heterocycles. The monoisotopic (exact) mass is 423 g/mol. The molecule has 1 aromatic rings. The summed E-state index contributed by atoms with van der Waals surface area (Å²) in [7, 11) is 2.27. The van der Waals surface area contributed by atoms with E-state index in [4.69, 9.17) is 9.47 Å². The SMILES string of the molecule is COC(=O)C(C(=O)OC)[C@@H]1CCCC[C@H]1NC(=O)c1cc([N+](=O)[O-])cc([N+](=O)[O-])c1. The molecule has 1 amide bonds. The number of ether oxygens (including phenoxy) is 2. The quantitative estimate of drug-likeness (QED) is 0.297. The molecule has 12 nitrogen and oxygen atoms in total. The number of amides is 1. The Morgan fingerprint density at radius 1 is 0.967 bits per heavy atom. The largest absolute Gasteiger partial charge is 0.468 e. The summed E-state index contributed by atoms with van der Waals surface area (Å²) >= 11 is 0. The fourth-order valence-electron chi connectivity index (χ4n) is 3.63. The first kappa shape index (κ1) is 22.7. The van der Waals surface area contributed by atoms with Crippen molar-refractivity contribution in [1.82, 2.24) is 5.32 Å². The fraction of sp³-hybridized carbons (Fsp3) is 0.500. The van der Waals surface area contributed by atoms with Gasteiger partial charge in [-0.1, -0.05) is 12.8 Å². The Hall–Kier alpha value is -3.57. The topological polar surface area (TPSA) is 168 Å². The molecular weight excluding hydrogens is 402 g/mol. The van der Waals surface area contributed by atoms with E-state index >= 15 is 0 Å². The highest BCUT2D eigenvalue weighted by atomic mass is 16.6. The van der Waals surface area contributed by atoms with E-state index in [-0.39, 0.29) is 5.56 Å². The number of non-ortho nitro benzene ring substituents is 2. The van der Waals surface area contributed by atoms with Crippen molar-refractivity contribution in [2.24, 2.45) is 11.8 Å². The standard InChI is InChI=1S/C18H21N3O9/c1-29-17(23)15(18(24)30-2)13-5-3-4-6-14(13)19-16(22)10-7-11(20(25)26)9-12(8-10)21(27)28/h7-9,13-15H,3-6H2,1-2H3,(H,19,22)/t13-,14-/m1/s1. The van der Waals surface area contributed by atoms with E-state index < -0.39 is 56.9 Å². The van der Waals surface area contributed by atoms with E-state index in [1.165, 1.54) is 0 Å². The minimum Gasteiger partial charge on any atom is -0.468 e. The van der Waals surface area contributed by atoms with Crippen LogP contribution in [-0.4, -0.2) is 48.0 Å². The maximum Gasteiger partial charge on any atom is 0.320 e. The number of nitrogens with one attached hydrogen (secondary N) is 1. The van der Waals surface area contributed by atoms with E-state index in [0.717, 1.165) is 32.4 Å². The Kier molecular flexibility index (Phi) is 7.39. The molecule has 0 saturated heterocycles. The number of esters is 2. The van der Waals surface area contributed by atoms with Crippen LogP contribution in [0.1, 0.15) is 36.0 Å². The van der Waals surface area contributed by atoms with Crippen LogP contribution < -0.4 is 5.32 Å². The molecule has 1 N–H and O–H groups in total. The molecule has 30 heavy (non-hydrogen) atoms. The number of rotatable bonds is 7. The molecule has 2 atom stereocenters. The number of nitro groups is 2. The van der Waals surface area contributed by atoms with Gasteiger partial charge in [0.15, 0.2) is 5.92 Å². The summed E-state index contributed by atoms with van der Waals surface area (Å²) in [6, 6.07) is 1.98. The molecule has 0 aliphatic heterocycles. The van der Waals surface area contributed by atoms with Gasteiger partial charge in [0, 0.05) is 24.1 Å². The highest BCUT2D eigenvalue weighted by molar-refractivity contribution is 5.97. The van der Waals surface area contributed by atoms with Crippen LogP contribution in [0.2, 0.25) is 0 Å². The number of carbonyl (C=O) groups excluding carboxylic acids is 3. The Balaban J connectivity index is 2.33. The molecule has 12 heteroatoms. The zero-order valence-corrected chi connectivity index (χ0v) is 16.4. The lowest BCUT2D eigenvalue weighted by Gasteiger charge is -2.35. The van der Waals surface area contributed by atoms with Gasteiger partial charge in [0.05, 0.1) is 35.7 Å². The summed E-state index contributed by atoms with van der Waals surface area (Å²) < 4.78 is 9.42. The van der Waals surface area contributed by atoms with E-state index in [0.29, 0.717) is 25.7 Å². The van der Waals surface area contributed by atoms with Gasteiger partial charge in [0.1, 0.15) is 0 Å². The van der Waals surface area contributed by atoms with E-state index in [1.807, 2.05) is 0 Å². The second-order valence-electron chi connectivity index (χ2n) is 6.80. The number of benzene rings is 1. The predicted molar refractivity (Wildman–Crippen MR) is 100 cm³/mol. The first-order valence-electron chi connectivity index (χ1n) is 9.10. The number of methoxy groups -OCH3 is 2. The second-order valence-corrected chi connectivity index (χ2v) is 6.80. The highest BCUT2D eigenvalue weighted by Crippen LogP contribution is 2.33. The molecule has 162 valence electrons. The van der Waals surface area contributed by atoms with Crippen LogP contribution in [0.5, 0.6) is 0 Å². The molecule has 1 aliphatic rings. The van der Waals surface area contributed by atoms with Gasteiger partial charge in [-0.25, -0.2) is 0 Å². The second kappa shape index (κ2) is 9.76. The summed E-state index contributed by atoms with van der Waals surface area (Å²) in [5.74, 6) is -4.23. The van der Waals surface area contributed by atoms with Gasteiger partial charge in [0.2, 0.25) is 0 Å². The van der Waals surface area contributed by atoms with Crippen molar-refractivity contribution in [3.63, 3.8) is 0 Å². The van der Waals surface area contributed by atoms with Gasteiger partial charge in [0.25, 0.3) is 17.3 Å². The van der Waals surface area contributed by atoms with Crippen LogP contribution >= 0.6 is 0 Å². The van der Waals surface area contributed by atoms with Crippen molar-refractivity contribution < 1.29 is 33.7 Å². The van der Waals surface area contributed by atoms with Crippen LogP contribution in [0.3, 0.4) is 0 Å². The Morgan fingerprint density at radius 2 is 1.47 bits per heavy atom. The average Bonchev–Trinajstić information content (AvgIpc) is 2.74. The van der Waals surface area contributed by atoms with Crippen molar-refractivity contribution in [1.29, 1.82) is 0 Å². The summed E-state index contributed by atoms with van der Waals surface area (Å²) in [6.07, 6.45) is 2.31. The third-order valence-electron chi connectivity index (χ3n) is 5.06. The van der Waals surface area contributed by atoms with Crippen molar-refractivity contribution in [2.45, 2.75) is 31.7 Å². The predicted octanol–water partition coefficient (Wildman–Crippen LogP) is 1.75. The van der Waals surface area contributed by atoms with Gasteiger partial charge in [-0.3, -0.25) is 34.6 Å². The van der Waals surface area contributed by atoms with Crippen molar-refractivity contribution in [3.05, 3.63) is 44.0 Å². The van der Waals surface area contributed by atoms with E-state index in [9.17, 15) is 34.6 Å². The van der Waals surface area contributed by atoms with E-state index in [1.54, 1.807) is 0 Å². The maximum atomic E-state index is 12.7. The summed E-state index contributed by atoms with van der Waals surface area (Å²) in [5.41, 5.74) is -1.47. The van der Waals surface area contributed by atoms with Gasteiger partial charge >= 0.3 is 11.9 Å². The van der Waals surface area contributed by atoms with Crippen LogP contribution in [-0.2, 0) is 19.1 Å². The maximum absolute atomic E-state index is 12.7. The van der Waals surface area contributed by atoms with Gasteiger partial charge < -0.3 is 14.8 Å². The smallest absolute Gasteiger partial charge is 0.320 e. The number of hydrogen-bond donors (Lipinski definition) is 1. The molecule has 2 rings (SSSR count). The normalized spacial score (nSPS) is 18.4. The number of nitro benzene ring substituents is 2. The zero-order chi connectivity index (χ0) is 22.4. The summed E-state index contributed by atoms with van der Waals surface area (Å²) in [4.78, 5) is 57.5. The van der Waals surface area contributed by atoms with E-state index in [2.05, 4.69) is 5.32 Å². The fourth-order valence-corrected chi connectivity index (χ4v) is 3.63. The Bertz CT molecular complexity index is 822. The lowest BCUT2D eigenvalue weighted by molar-refractivity contribution is -0.394. The van der Waals surface area contributed by atoms with Gasteiger partial charge in [-0.15, -0.1) is 0 Å². The third-order valence-corrected chi connectivity index (χ3v) is 5.06. The molecule has 0 aromatic heterocycles. The van der Waals surface area contributed by atoms with Crippen LogP contribution in [0.25, 0.3) is 0 Å². The lowest BCUT2D eigenvalue weighted by Crippen LogP contribution is -2.49. The molecule has 0 radical (unpaired) electrons. The summed E-state index contributed by atoms with van der Waals surface area (Å²) in [5, 5.41) is 24.7. The van der Waals surface area contributed by atoms with Crippen LogP contribution in [0, 0.1) is 32.1 Å². The molecular formula is C18H21N3O9. The third kappa shape index (κ3) is 5.07. The number of nitrogens with zero attached hydrogens (tertiary/aromatic N) is 2. The zero-order valence-electron chi connectivity index (χ0n) is 16.4. The molecule has 1 fully saturated rings. The van der Waals surface area contributed by atoms with Gasteiger partial charge in [-0.2, -0.15) is 0 Å². The number of hydrogen-bond acceptors (Lipinski definition) is 9. The lowest BCUT2D eigenvalue weighted by atomic mass is 9.76. The molecule has 0 bridgehead atoms. The minimum atomic E-state index is -1.25. The Labute approximate surface area is 170 Å². The van der Waals surface area contributed by atoms with Crippen molar-refractivity contribution in [3.8, 4) is 0 Å². The summed E-state index contributed by atoms with van der Waals surface area (Å²) in [6.45, 7) is 0. The van der Waals surface area contributed by atoms with Gasteiger partial charge in [-0.05, 0) is 12.8 Å². The van der Waals surface area contributed by atoms with Crippen molar-refractivity contribution >= 4 is 29.2 Å². The van der Waals surface area contributed by atoms with Crippen molar-refractivity contribution in [2.75, 3.05) is 14.2 Å². The Morgan fingerprint density at radius 3 is 1.93 bits per heavy atom. The average molecular weight is 423 g/mol. The van der Waals surface area contributed by atoms with Crippen LogP contribution in [0.4, 0.5) is 11.4 Å². The first-order valence-corrected chi connectivity index (χ1v) is 9.10. The minimum absolute atomic E-state index is 0.270. The number of carbonyl (C=O) groups is 3. The molecule has 0 unspecified atom stereocenters. The van der Waals surface area contributed by atoms with Crippen LogP contribution in [0.15, 0.2) is 18.2 Å². The molecule has 1 saturated carbocycles. The molecule has 1 aliphatic carbocycles. The molecule has 0 spiro atoms.